The van der Waals surface area contributed by atoms with Crippen molar-refractivity contribution in [1.82, 2.24) is 14.8 Å². The van der Waals surface area contributed by atoms with E-state index in [9.17, 15) is 9.59 Å². The van der Waals surface area contributed by atoms with Crippen molar-refractivity contribution in [2.45, 2.75) is 26.3 Å². The summed E-state index contributed by atoms with van der Waals surface area (Å²) in [6.07, 6.45) is 0.629. The zero-order valence-electron chi connectivity index (χ0n) is 20.7. The van der Waals surface area contributed by atoms with E-state index in [1.807, 2.05) is 55.6 Å². The van der Waals surface area contributed by atoms with Crippen LogP contribution in [0.1, 0.15) is 36.8 Å². The fourth-order valence-corrected chi connectivity index (χ4v) is 5.09. The highest BCUT2D eigenvalue weighted by atomic mass is 32.1. The Labute approximate surface area is 211 Å². The van der Waals surface area contributed by atoms with Crippen LogP contribution in [-0.2, 0) is 14.3 Å². The number of hydrazone groups is 1. The highest BCUT2D eigenvalue weighted by Crippen LogP contribution is 2.34. The lowest BCUT2D eigenvalue weighted by Gasteiger charge is -2.31. The molecule has 1 aromatic heterocycles. The molecule has 35 heavy (non-hydrogen) atoms. The number of carbonyl (C=O) groups excluding carboxylic acids is 2. The third-order valence-electron chi connectivity index (χ3n) is 6.39. The van der Waals surface area contributed by atoms with Gasteiger partial charge in [-0.05, 0) is 29.1 Å². The smallest absolute Gasteiger partial charge is 0.262 e. The molecule has 2 aliphatic heterocycles. The minimum absolute atomic E-state index is 0.00916. The minimum atomic E-state index is -0.222. The summed E-state index contributed by atoms with van der Waals surface area (Å²) in [6.45, 7) is 8.08. The number of thiophene rings is 1. The van der Waals surface area contributed by atoms with Gasteiger partial charge in [0.05, 0.1) is 37.0 Å². The molecule has 0 radical (unpaired) electrons. The van der Waals surface area contributed by atoms with Crippen LogP contribution in [0.15, 0.2) is 46.9 Å². The number of nitrogens with zero attached hydrogens (tertiary/aromatic N) is 4. The van der Waals surface area contributed by atoms with Gasteiger partial charge in [-0.25, -0.2) is 5.01 Å². The SMILES string of the molecule is COc1ccc([C@H]2CC(c3cccs3)=NN2C(=O)CN(CCN2CCOCC2)C(=O)C(C)C)cc1. The normalized spacial score (nSPS) is 18.6. The Balaban J connectivity index is 1.53. The van der Waals surface area contributed by atoms with Crippen LogP contribution in [-0.4, -0.2) is 85.4 Å². The molecular weight excluding hydrogens is 464 g/mol. The number of ether oxygens (including phenoxy) is 2. The Morgan fingerprint density at radius 2 is 1.94 bits per heavy atom. The Morgan fingerprint density at radius 1 is 1.20 bits per heavy atom. The van der Waals surface area contributed by atoms with Gasteiger partial charge >= 0.3 is 0 Å². The van der Waals surface area contributed by atoms with Gasteiger partial charge in [-0.2, -0.15) is 5.10 Å². The van der Waals surface area contributed by atoms with E-state index < -0.39 is 0 Å². The molecule has 1 fully saturated rings. The molecule has 4 rings (SSSR count). The van der Waals surface area contributed by atoms with Gasteiger partial charge in [0.1, 0.15) is 12.3 Å². The van der Waals surface area contributed by atoms with Gasteiger partial charge in [0.15, 0.2) is 0 Å². The Bertz CT molecular complexity index is 1020. The molecule has 1 atom stereocenters. The highest BCUT2D eigenvalue weighted by molar-refractivity contribution is 7.12. The molecule has 9 heteroatoms. The van der Waals surface area contributed by atoms with Crippen molar-refractivity contribution >= 4 is 28.9 Å². The number of hydrogen-bond donors (Lipinski definition) is 0. The number of rotatable bonds is 9. The Hall–Kier alpha value is -2.75. The standard InChI is InChI=1S/C26H34N4O4S/c1-19(2)26(32)29(11-10-28-12-14-34-15-13-28)18-25(31)30-23(20-6-8-21(33-3)9-7-20)17-22(27-30)24-5-4-16-35-24/h4-9,16,19,23H,10-15,17-18H2,1-3H3/t23-/m1/s1. The maximum absolute atomic E-state index is 13.6. The third kappa shape index (κ3) is 6.28. The molecule has 1 saturated heterocycles. The summed E-state index contributed by atoms with van der Waals surface area (Å²) >= 11 is 1.61. The average molecular weight is 499 g/mol. The zero-order valence-corrected chi connectivity index (χ0v) is 21.5. The second kappa shape index (κ2) is 11.8. The first-order valence-electron chi connectivity index (χ1n) is 12.1. The van der Waals surface area contributed by atoms with Crippen molar-refractivity contribution in [3.05, 3.63) is 52.2 Å². The fourth-order valence-electron chi connectivity index (χ4n) is 4.37. The molecule has 2 aliphatic rings. The number of carbonyl (C=O) groups is 2. The lowest BCUT2D eigenvalue weighted by atomic mass is 10.0. The monoisotopic (exact) mass is 498 g/mol. The summed E-state index contributed by atoms with van der Waals surface area (Å²) in [7, 11) is 1.63. The molecule has 0 aliphatic carbocycles. The predicted molar refractivity (Wildman–Crippen MR) is 137 cm³/mol. The van der Waals surface area contributed by atoms with Crippen molar-refractivity contribution in [3.63, 3.8) is 0 Å². The summed E-state index contributed by atoms with van der Waals surface area (Å²) < 4.78 is 10.7. The van der Waals surface area contributed by atoms with E-state index in [1.54, 1.807) is 28.4 Å². The van der Waals surface area contributed by atoms with Crippen LogP contribution in [0, 0.1) is 5.92 Å². The van der Waals surface area contributed by atoms with Crippen LogP contribution in [0.4, 0.5) is 0 Å². The zero-order chi connectivity index (χ0) is 24.8. The second-order valence-electron chi connectivity index (χ2n) is 9.12. The molecule has 0 saturated carbocycles. The van der Waals surface area contributed by atoms with E-state index in [4.69, 9.17) is 14.6 Å². The average Bonchev–Trinajstić information content (AvgIpc) is 3.57. The first-order valence-corrected chi connectivity index (χ1v) is 13.0. The number of morpholine rings is 1. The quantitative estimate of drug-likeness (QED) is 0.531. The molecule has 1 aromatic carbocycles. The molecule has 2 amide bonds. The van der Waals surface area contributed by atoms with Gasteiger partial charge in [0, 0.05) is 38.5 Å². The lowest BCUT2D eigenvalue weighted by molar-refractivity contribution is -0.143. The van der Waals surface area contributed by atoms with Crippen molar-refractivity contribution in [2.75, 3.05) is 53.0 Å². The molecular formula is C26H34N4O4S. The van der Waals surface area contributed by atoms with Crippen LogP contribution < -0.4 is 4.74 Å². The maximum atomic E-state index is 13.6. The summed E-state index contributed by atoms with van der Waals surface area (Å²) in [5, 5.41) is 8.34. The van der Waals surface area contributed by atoms with Gasteiger partial charge in [-0.15, -0.1) is 11.3 Å². The maximum Gasteiger partial charge on any atom is 0.262 e. The highest BCUT2D eigenvalue weighted by Gasteiger charge is 2.35. The van der Waals surface area contributed by atoms with Crippen molar-refractivity contribution in [1.29, 1.82) is 0 Å². The molecule has 0 bridgehead atoms. The topological polar surface area (TPSA) is 74.7 Å². The van der Waals surface area contributed by atoms with Gasteiger partial charge in [0.25, 0.3) is 5.91 Å². The second-order valence-corrected chi connectivity index (χ2v) is 10.1. The first kappa shape index (κ1) is 25.3. The molecule has 0 unspecified atom stereocenters. The Morgan fingerprint density at radius 3 is 2.57 bits per heavy atom. The van der Waals surface area contributed by atoms with Crippen LogP contribution in [0.5, 0.6) is 5.75 Å². The van der Waals surface area contributed by atoms with E-state index in [1.165, 1.54) is 0 Å². The van der Waals surface area contributed by atoms with E-state index in [-0.39, 0.29) is 30.3 Å². The van der Waals surface area contributed by atoms with E-state index in [0.29, 0.717) is 26.2 Å². The van der Waals surface area contributed by atoms with Crippen molar-refractivity contribution in [2.24, 2.45) is 11.0 Å². The summed E-state index contributed by atoms with van der Waals surface area (Å²) in [5.41, 5.74) is 1.88. The minimum Gasteiger partial charge on any atom is -0.497 e. The number of hydrogen-bond acceptors (Lipinski definition) is 7. The van der Waals surface area contributed by atoms with Gasteiger partial charge < -0.3 is 14.4 Å². The molecule has 0 N–H and O–H groups in total. The van der Waals surface area contributed by atoms with Crippen molar-refractivity contribution < 1.29 is 19.1 Å². The fraction of sp³-hybridized carbons (Fsp3) is 0.500. The lowest BCUT2D eigenvalue weighted by Crippen LogP contribution is -2.47. The van der Waals surface area contributed by atoms with Crippen LogP contribution in [0.3, 0.4) is 0 Å². The predicted octanol–water partition coefficient (Wildman–Crippen LogP) is 3.25. The summed E-state index contributed by atoms with van der Waals surface area (Å²) in [4.78, 5) is 31.6. The third-order valence-corrected chi connectivity index (χ3v) is 7.31. The molecule has 188 valence electrons. The van der Waals surface area contributed by atoms with Crippen LogP contribution in [0.2, 0.25) is 0 Å². The van der Waals surface area contributed by atoms with Gasteiger partial charge in [0.2, 0.25) is 5.91 Å². The first-order chi connectivity index (χ1) is 17.0. The van der Waals surface area contributed by atoms with Crippen LogP contribution in [0.25, 0.3) is 0 Å². The molecule has 8 nitrogen and oxygen atoms in total. The number of amides is 2. The number of methoxy groups -OCH3 is 1. The molecule has 3 heterocycles. The molecule has 0 spiro atoms. The summed E-state index contributed by atoms with van der Waals surface area (Å²) in [6, 6.07) is 11.6. The number of benzene rings is 1. The van der Waals surface area contributed by atoms with Crippen LogP contribution >= 0.6 is 11.3 Å². The van der Waals surface area contributed by atoms with Gasteiger partial charge in [-0.1, -0.05) is 32.0 Å². The van der Waals surface area contributed by atoms with E-state index in [0.717, 1.165) is 41.5 Å². The van der Waals surface area contributed by atoms with E-state index in [2.05, 4.69) is 4.90 Å². The largest absolute Gasteiger partial charge is 0.497 e. The summed E-state index contributed by atoms with van der Waals surface area (Å²) in [5.74, 6) is 0.386. The van der Waals surface area contributed by atoms with E-state index >= 15 is 0 Å². The van der Waals surface area contributed by atoms with Crippen molar-refractivity contribution in [3.8, 4) is 5.75 Å². The Kier molecular flexibility index (Phi) is 8.54. The molecule has 2 aromatic rings. The van der Waals surface area contributed by atoms with Gasteiger partial charge in [-0.3, -0.25) is 14.5 Å².